The number of rotatable bonds is 8. The van der Waals surface area contributed by atoms with Crippen molar-refractivity contribution in [2.75, 3.05) is 6.54 Å². The number of nitrogens with zero attached hydrogens (tertiary/aromatic N) is 3. The molecule has 0 saturated carbocycles. The van der Waals surface area contributed by atoms with Crippen molar-refractivity contribution in [3.05, 3.63) is 62.8 Å². The number of hydrogen-bond acceptors (Lipinski definition) is 6. The van der Waals surface area contributed by atoms with Crippen LogP contribution in [0.2, 0.25) is 0 Å². The average molecular weight is 498 g/mol. The van der Waals surface area contributed by atoms with Crippen LogP contribution in [0.25, 0.3) is 0 Å². The Labute approximate surface area is 181 Å². The molecule has 29 heavy (non-hydrogen) atoms. The van der Waals surface area contributed by atoms with E-state index >= 15 is 0 Å². The van der Waals surface area contributed by atoms with Crippen LogP contribution in [-0.2, 0) is 28.3 Å². The zero-order valence-corrected chi connectivity index (χ0v) is 19.0. The second-order valence-corrected chi connectivity index (χ2v) is 10.7. The Bertz CT molecular complexity index is 1100. The molecule has 1 unspecified atom stereocenters. The van der Waals surface area contributed by atoms with Gasteiger partial charge in [0.25, 0.3) is 0 Å². The van der Waals surface area contributed by atoms with Crippen LogP contribution in [0, 0.1) is 6.92 Å². The Morgan fingerprint density at radius 2 is 2.03 bits per heavy atom. The Kier molecular flexibility index (Phi) is 6.83. The summed E-state index contributed by atoms with van der Waals surface area (Å²) in [6.07, 6.45) is 2.80. The topological polar surface area (TPSA) is 106 Å². The lowest BCUT2D eigenvalue weighted by atomic mass is 10.1. The number of aromatic nitrogens is 3. The third-order valence-electron chi connectivity index (χ3n) is 4.09. The predicted molar refractivity (Wildman–Crippen MR) is 114 cm³/mol. The maximum atomic E-state index is 12.6. The second-order valence-electron chi connectivity index (χ2n) is 6.36. The van der Waals surface area contributed by atoms with Gasteiger partial charge in [-0.05, 0) is 28.4 Å². The molecule has 1 aromatic carbocycles. The maximum Gasteiger partial charge on any atom is 0.243 e. The van der Waals surface area contributed by atoms with E-state index < -0.39 is 16.1 Å². The fourth-order valence-electron chi connectivity index (χ4n) is 2.70. The van der Waals surface area contributed by atoms with E-state index in [1.54, 1.807) is 7.05 Å². The highest BCUT2D eigenvalue weighted by atomic mass is 79.9. The highest BCUT2D eigenvalue weighted by Crippen LogP contribution is 2.25. The highest BCUT2D eigenvalue weighted by molar-refractivity contribution is 9.11. The minimum Gasteiger partial charge on any atom is -0.348 e. The third-order valence-corrected chi connectivity index (χ3v) is 7.21. The van der Waals surface area contributed by atoms with E-state index in [-0.39, 0.29) is 23.8 Å². The minimum atomic E-state index is -3.74. The van der Waals surface area contributed by atoms with E-state index in [4.69, 9.17) is 0 Å². The fourth-order valence-corrected chi connectivity index (χ4v) is 5.32. The van der Waals surface area contributed by atoms with Gasteiger partial charge in [-0.1, -0.05) is 30.3 Å². The predicted octanol–water partition coefficient (Wildman–Crippen LogP) is 2.33. The van der Waals surface area contributed by atoms with Crippen LogP contribution in [-0.4, -0.2) is 35.6 Å². The molecule has 2 aromatic heterocycles. The summed E-state index contributed by atoms with van der Waals surface area (Å²) in [5, 5.41) is 7.66. The molecule has 154 valence electrons. The van der Waals surface area contributed by atoms with E-state index in [1.165, 1.54) is 28.4 Å². The lowest BCUT2D eigenvalue weighted by Crippen LogP contribution is -2.38. The summed E-state index contributed by atoms with van der Waals surface area (Å²) in [6.45, 7) is 1.88. The molecule has 0 aliphatic heterocycles. The number of thiazole rings is 1. The average Bonchev–Trinajstić information content (AvgIpc) is 3.25. The van der Waals surface area contributed by atoms with Gasteiger partial charge in [0.05, 0.1) is 33.1 Å². The van der Waals surface area contributed by atoms with Gasteiger partial charge < -0.3 is 5.32 Å². The molecule has 0 bridgehead atoms. The van der Waals surface area contributed by atoms with Crippen LogP contribution in [0.5, 0.6) is 0 Å². The van der Waals surface area contributed by atoms with Gasteiger partial charge in [0.15, 0.2) is 0 Å². The fraction of sp³-hybridized carbons (Fsp3) is 0.278. The zero-order valence-electron chi connectivity index (χ0n) is 15.8. The number of aryl methyl sites for hydroxylation is 2. The van der Waals surface area contributed by atoms with Gasteiger partial charge in [0.2, 0.25) is 15.9 Å². The number of nitrogens with one attached hydrogen (secondary N) is 2. The van der Waals surface area contributed by atoms with Crippen molar-refractivity contribution in [1.82, 2.24) is 24.8 Å². The van der Waals surface area contributed by atoms with Crippen molar-refractivity contribution in [3.63, 3.8) is 0 Å². The number of halogens is 1. The number of sulfonamides is 1. The standard InChI is InChI=1S/C18H20BrN5O3S2/c1-12-22-15(18(19)28-12)8-17(25)23-16(13-6-4-3-5-7-13)10-21-29(26,27)14-9-20-24(2)11-14/h3-7,9,11,16,21H,8,10H2,1-2H3,(H,23,25). The van der Waals surface area contributed by atoms with Crippen molar-refractivity contribution in [3.8, 4) is 0 Å². The van der Waals surface area contributed by atoms with Crippen LogP contribution in [0.1, 0.15) is 22.3 Å². The second kappa shape index (κ2) is 9.16. The van der Waals surface area contributed by atoms with Crippen molar-refractivity contribution in [2.45, 2.75) is 24.3 Å². The summed E-state index contributed by atoms with van der Waals surface area (Å²) < 4.78 is 29.8. The molecule has 3 rings (SSSR count). The van der Waals surface area contributed by atoms with E-state index in [1.807, 2.05) is 37.3 Å². The Balaban J connectivity index is 1.73. The number of hydrogen-bond donors (Lipinski definition) is 2. The molecule has 3 aromatic rings. The van der Waals surface area contributed by atoms with Crippen molar-refractivity contribution in [2.24, 2.45) is 7.05 Å². The first-order chi connectivity index (χ1) is 13.7. The molecule has 0 aliphatic rings. The van der Waals surface area contributed by atoms with Crippen molar-refractivity contribution >= 4 is 43.2 Å². The van der Waals surface area contributed by atoms with Crippen molar-refractivity contribution < 1.29 is 13.2 Å². The van der Waals surface area contributed by atoms with Crippen LogP contribution in [0.4, 0.5) is 0 Å². The molecular formula is C18H20BrN5O3S2. The first kappa shape index (κ1) is 21.6. The molecule has 8 nitrogen and oxygen atoms in total. The SMILES string of the molecule is Cc1nc(CC(=O)NC(CNS(=O)(=O)c2cnn(C)c2)c2ccccc2)c(Br)s1. The Morgan fingerprint density at radius 3 is 2.62 bits per heavy atom. The monoisotopic (exact) mass is 497 g/mol. The summed E-state index contributed by atoms with van der Waals surface area (Å²) in [7, 11) is -2.10. The quantitative estimate of drug-likeness (QED) is 0.496. The van der Waals surface area contributed by atoms with Gasteiger partial charge in [0.1, 0.15) is 4.90 Å². The first-order valence-corrected chi connectivity index (χ1v) is 11.8. The van der Waals surface area contributed by atoms with Gasteiger partial charge in [-0.3, -0.25) is 9.48 Å². The van der Waals surface area contributed by atoms with E-state index in [0.29, 0.717) is 5.69 Å². The van der Waals surface area contributed by atoms with Gasteiger partial charge >= 0.3 is 0 Å². The number of carbonyl (C=O) groups is 1. The minimum absolute atomic E-state index is 0.00421. The summed E-state index contributed by atoms with van der Waals surface area (Å²) in [5.74, 6) is -0.245. The summed E-state index contributed by atoms with van der Waals surface area (Å²) in [5.41, 5.74) is 1.45. The molecule has 2 N–H and O–H groups in total. The van der Waals surface area contributed by atoms with Crippen LogP contribution in [0.15, 0.2) is 51.4 Å². The summed E-state index contributed by atoms with van der Waals surface area (Å²) in [6, 6.07) is 8.68. The van der Waals surface area contributed by atoms with Crippen molar-refractivity contribution in [1.29, 1.82) is 0 Å². The molecule has 0 saturated heterocycles. The van der Waals surface area contributed by atoms with Gasteiger partial charge in [0, 0.05) is 19.8 Å². The normalized spacial score (nSPS) is 12.7. The molecular weight excluding hydrogens is 478 g/mol. The zero-order chi connectivity index (χ0) is 21.0. The van der Waals surface area contributed by atoms with Gasteiger partial charge in [-0.2, -0.15) is 5.10 Å². The largest absolute Gasteiger partial charge is 0.348 e. The summed E-state index contributed by atoms with van der Waals surface area (Å²) >= 11 is 4.88. The number of benzene rings is 1. The van der Waals surface area contributed by atoms with E-state index in [2.05, 4.69) is 36.1 Å². The molecule has 0 fully saturated rings. The van der Waals surface area contributed by atoms with Crippen LogP contribution < -0.4 is 10.0 Å². The molecule has 1 amide bonds. The number of carbonyl (C=O) groups excluding carboxylic acids is 1. The number of amides is 1. The Morgan fingerprint density at radius 1 is 1.31 bits per heavy atom. The summed E-state index contributed by atoms with van der Waals surface area (Å²) in [4.78, 5) is 17.0. The van der Waals surface area contributed by atoms with Crippen LogP contribution in [0.3, 0.4) is 0 Å². The van der Waals surface area contributed by atoms with Crippen LogP contribution >= 0.6 is 27.3 Å². The molecule has 0 spiro atoms. The molecule has 1 atom stereocenters. The molecule has 2 heterocycles. The van der Waals surface area contributed by atoms with E-state index in [0.717, 1.165) is 14.4 Å². The first-order valence-electron chi connectivity index (χ1n) is 8.69. The van der Waals surface area contributed by atoms with Gasteiger partial charge in [-0.15, -0.1) is 11.3 Å². The highest BCUT2D eigenvalue weighted by Gasteiger charge is 2.21. The maximum absolute atomic E-state index is 12.6. The smallest absolute Gasteiger partial charge is 0.243 e. The Hall–Kier alpha value is -2.08. The third kappa shape index (κ3) is 5.72. The molecule has 0 aliphatic carbocycles. The lowest BCUT2D eigenvalue weighted by Gasteiger charge is -2.19. The lowest BCUT2D eigenvalue weighted by molar-refractivity contribution is -0.121. The molecule has 11 heteroatoms. The van der Waals surface area contributed by atoms with E-state index in [9.17, 15) is 13.2 Å². The van der Waals surface area contributed by atoms with Gasteiger partial charge in [-0.25, -0.2) is 18.1 Å². The molecule has 0 radical (unpaired) electrons.